The molecule has 0 radical (unpaired) electrons. The first-order valence-corrected chi connectivity index (χ1v) is 4.29. The van der Waals surface area contributed by atoms with E-state index in [0.717, 1.165) is 6.42 Å². The van der Waals surface area contributed by atoms with E-state index in [1.807, 2.05) is 6.92 Å². The van der Waals surface area contributed by atoms with Gasteiger partial charge >= 0.3 is 0 Å². The lowest BCUT2D eigenvalue weighted by Gasteiger charge is -2.08. The smallest absolute Gasteiger partial charge is 0.250 e. The predicted molar refractivity (Wildman–Crippen MR) is 42.4 cm³/mol. The standard InChI is InChI=1S/C8H15F2NO/c1-6-2-7(5-12-6)3-11-4-8(9)10/h6-8,11H,2-5H2,1H3. The second kappa shape index (κ2) is 4.72. The number of ether oxygens (including phenoxy) is 1. The molecule has 1 fully saturated rings. The molecule has 0 spiro atoms. The van der Waals surface area contributed by atoms with Gasteiger partial charge in [-0.1, -0.05) is 0 Å². The van der Waals surface area contributed by atoms with Gasteiger partial charge in [0.05, 0.1) is 19.3 Å². The number of nitrogens with one attached hydrogen (secondary N) is 1. The van der Waals surface area contributed by atoms with Crippen LogP contribution in [0.5, 0.6) is 0 Å². The highest BCUT2D eigenvalue weighted by Crippen LogP contribution is 2.17. The van der Waals surface area contributed by atoms with E-state index in [1.54, 1.807) is 0 Å². The van der Waals surface area contributed by atoms with Gasteiger partial charge in [-0.05, 0) is 19.3 Å². The summed E-state index contributed by atoms with van der Waals surface area (Å²) < 4.78 is 28.7. The molecular formula is C8H15F2NO. The molecule has 1 aliphatic rings. The van der Waals surface area contributed by atoms with Crippen molar-refractivity contribution in [1.82, 2.24) is 5.32 Å². The van der Waals surface area contributed by atoms with Crippen LogP contribution in [0.25, 0.3) is 0 Å². The summed E-state index contributed by atoms with van der Waals surface area (Å²) >= 11 is 0. The fourth-order valence-electron chi connectivity index (χ4n) is 1.44. The molecule has 2 atom stereocenters. The zero-order valence-corrected chi connectivity index (χ0v) is 7.22. The fourth-order valence-corrected chi connectivity index (χ4v) is 1.44. The van der Waals surface area contributed by atoms with Gasteiger partial charge in [0.2, 0.25) is 0 Å². The third-order valence-electron chi connectivity index (χ3n) is 2.01. The molecule has 1 heterocycles. The van der Waals surface area contributed by atoms with Crippen molar-refractivity contribution < 1.29 is 13.5 Å². The van der Waals surface area contributed by atoms with Crippen molar-refractivity contribution in [3.63, 3.8) is 0 Å². The van der Waals surface area contributed by atoms with Crippen molar-refractivity contribution in [3.05, 3.63) is 0 Å². The van der Waals surface area contributed by atoms with E-state index in [-0.39, 0.29) is 6.54 Å². The number of hydrogen-bond donors (Lipinski definition) is 1. The molecular weight excluding hydrogens is 164 g/mol. The Morgan fingerprint density at radius 1 is 1.58 bits per heavy atom. The van der Waals surface area contributed by atoms with Crippen LogP contribution in [0.15, 0.2) is 0 Å². The molecule has 2 nitrogen and oxygen atoms in total. The SMILES string of the molecule is CC1CC(CNCC(F)F)CO1. The van der Waals surface area contributed by atoms with E-state index < -0.39 is 6.43 Å². The minimum atomic E-state index is -2.25. The van der Waals surface area contributed by atoms with Gasteiger partial charge in [0.25, 0.3) is 6.43 Å². The molecule has 0 aromatic rings. The highest BCUT2D eigenvalue weighted by atomic mass is 19.3. The van der Waals surface area contributed by atoms with Gasteiger partial charge in [-0.15, -0.1) is 0 Å². The monoisotopic (exact) mass is 179 g/mol. The molecule has 0 aliphatic carbocycles. The summed E-state index contributed by atoms with van der Waals surface area (Å²) in [4.78, 5) is 0. The Morgan fingerprint density at radius 2 is 2.33 bits per heavy atom. The number of halogens is 2. The molecule has 0 amide bonds. The van der Waals surface area contributed by atoms with Gasteiger partial charge in [-0.2, -0.15) is 0 Å². The van der Waals surface area contributed by atoms with E-state index in [4.69, 9.17) is 4.74 Å². The van der Waals surface area contributed by atoms with Crippen LogP contribution in [0.3, 0.4) is 0 Å². The minimum Gasteiger partial charge on any atom is -0.378 e. The van der Waals surface area contributed by atoms with Gasteiger partial charge in [0.15, 0.2) is 0 Å². The Morgan fingerprint density at radius 3 is 2.83 bits per heavy atom. The van der Waals surface area contributed by atoms with Gasteiger partial charge in [0.1, 0.15) is 0 Å². The highest BCUT2D eigenvalue weighted by molar-refractivity contribution is 4.72. The quantitative estimate of drug-likeness (QED) is 0.701. The summed E-state index contributed by atoms with van der Waals surface area (Å²) in [6.45, 7) is 3.16. The zero-order valence-electron chi connectivity index (χ0n) is 7.22. The summed E-state index contributed by atoms with van der Waals surface area (Å²) in [6, 6.07) is 0. The third-order valence-corrected chi connectivity index (χ3v) is 2.01. The first kappa shape index (κ1) is 9.86. The molecule has 1 rings (SSSR count). The van der Waals surface area contributed by atoms with Gasteiger partial charge in [0, 0.05) is 6.54 Å². The summed E-state index contributed by atoms with van der Waals surface area (Å²) in [6.07, 6.45) is -0.968. The van der Waals surface area contributed by atoms with E-state index in [2.05, 4.69) is 5.32 Å². The lowest BCUT2D eigenvalue weighted by molar-refractivity contribution is 0.118. The van der Waals surface area contributed by atoms with Crippen molar-refractivity contribution in [2.24, 2.45) is 5.92 Å². The molecule has 72 valence electrons. The van der Waals surface area contributed by atoms with Crippen LogP contribution >= 0.6 is 0 Å². The summed E-state index contributed by atoms with van der Waals surface area (Å²) in [7, 11) is 0. The molecule has 0 aromatic carbocycles. The Labute approximate surface area is 71.3 Å². The minimum absolute atomic E-state index is 0.203. The van der Waals surface area contributed by atoms with Crippen LogP contribution in [-0.4, -0.2) is 32.2 Å². The van der Waals surface area contributed by atoms with Crippen molar-refractivity contribution in [2.75, 3.05) is 19.7 Å². The van der Waals surface area contributed by atoms with Gasteiger partial charge < -0.3 is 10.1 Å². The van der Waals surface area contributed by atoms with Crippen LogP contribution in [0.2, 0.25) is 0 Å². The number of rotatable bonds is 4. The van der Waals surface area contributed by atoms with Crippen molar-refractivity contribution in [2.45, 2.75) is 25.9 Å². The Balaban J connectivity index is 2.00. The summed E-state index contributed by atoms with van der Waals surface area (Å²) in [5, 5.41) is 2.72. The first-order valence-electron chi connectivity index (χ1n) is 4.29. The maximum atomic E-state index is 11.7. The van der Waals surface area contributed by atoms with Crippen LogP contribution in [-0.2, 0) is 4.74 Å². The van der Waals surface area contributed by atoms with Crippen LogP contribution in [0, 0.1) is 5.92 Å². The fraction of sp³-hybridized carbons (Fsp3) is 1.00. The van der Waals surface area contributed by atoms with E-state index in [1.165, 1.54) is 0 Å². The molecule has 0 aromatic heterocycles. The lowest BCUT2D eigenvalue weighted by atomic mass is 10.1. The Hall–Kier alpha value is -0.220. The van der Waals surface area contributed by atoms with Gasteiger partial charge in [-0.3, -0.25) is 0 Å². The van der Waals surface area contributed by atoms with E-state index >= 15 is 0 Å². The average molecular weight is 179 g/mol. The second-order valence-electron chi connectivity index (χ2n) is 3.30. The van der Waals surface area contributed by atoms with Crippen molar-refractivity contribution in [1.29, 1.82) is 0 Å². The van der Waals surface area contributed by atoms with Crippen molar-refractivity contribution in [3.8, 4) is 0 Å². The van der Waals surface area contributed by atoms with E-state index in [0.29, 0.717) is 25.2 Å². The highest BCUT2D eigenvalue weighted by Gasteiger charge is 2.21. The molecule has 1 aliphatic heterocycles. The zero-order chi connectivity index (χ0) is 8.97. The molecule has 1 N–H and O–H groups in total. The van der Waals surface area contributed by atoms with E-state index in [9.17, 15) is 8.78 Å². The van der Waals surface area contributed by atoms with Gasteiger partial charge in [-0.25, -0.2) is 8.78 Å². The topological polar surface area (TPSA) is 21.3 Å². The van der Waals surface area contributed by atoms with Crippen molar-refractivity contribution >= 4 is 0 Å². The molecule has 4 heteroatoms. The Kier molecular flexibility index (Phi) is 3.88. The molecule has 0 bridgehead atoms. The number of alkyl halides is 2. The number of hydrogen-bond acceptors (Lipinski definition) is 2. The largest absolute Gasteiger partial charge is 0.378 e. The predicted octanol–water partition coefficient (Wildman–Crippen LogP) is 1.27. The van der Waals surface area contributed by atoms with Crippen LogP contribution in [0.4, 0.5) is 8.78 Å². The maximum Gasteiger partial charge on any atom is 0.250 e. The summed E-state index contributed by atoms with van der Waals surface area (Å²) in [5.41, 5.74) is 0. The lowest BCUT2D eigenvalue weighted by Crippen LogP contribution is -2.27. The first-order chi connectivity index (χ1) is 5.68. The summed E-state index contributed by atoms with van der Waals surface area (Å²) in [5.74, 6) is 0.416. The molecule has 12 heavy (non-hydrogen) atoms. The second-order valence-corrected chi connectivity index (χ2v) is 3.30. The molecule has 0 saturated carbocycles. The Bertz CT molecular complexity index is 132. The third kappa shape index (κ3) is 3.45. The average Bonchev–Trinajstić information content (AvgIpc) is 2.35. The normalized spacial score (nSPS) is 30.0. The van der Waals surface area contributed by atoms with Crippen LogP contribution < -0.4 is 5.32 Å². The molecule has 2 unspecified atom stereocenters. The molecule has 1 saturated heterocycles. The van der Waals surface area contributed by atoms with Crippen LogP contribution in [0.1, 0.15) is 13.3 Å². The maximum absolute atomic E-state index is 11.7.